The van der Waals surface area contributed by atoms with Crippen LogP contribution in [0.1, 0.15) is 55.8 Å². The van der Waals surface area contributed by atoms with Crippen molar-refractivity contribution in [2.24, 2.45) is 0 Å². The van der Waals surface area contributed by atoms with Gasteiger partial charge in [-0.1, -0.05) is 39.0 Å². The Kier molecular flexibility index (Phi) is 10.3. The maximum Gasteiger partial charge on any atom is 0.261 e. The molecular formula is C31H33F2N3O5. The molecule has 0 aliphatic heterocycles. The van der Waals surface area contributed by atoms with Crippen LogP contribution in [-0.4, -0.2) is 36.7 Å². The number of nitrogens with one attached hydrogen (secondary N) is 1. The number of aromatic nitrogens is 2. The van der Waals surface area contributed by atoms with E-state index in [4.69, 9.17) is 18.9 Å². The van der Waals surface area contributed by atoms with Crippen LogP contribution in [0.2, 0.25) is 0 Å². The summed E-state index contributed by atoms with van der Waals surface area (Å²) < 4.78 is 52.4. The molecule has 2 aromatic heterocycles. The number of benzene rings is 2. The fourth-order valence-corrected chi connectivity index (χ4v) is 4.32. The summed E-state index contributed by atoms with van der Waals surface area (Å²) in [5.74, 6) is -1.85. The van der Waals surface area contributed by atoms with E-state index in [1.54, 1.807) is 12.1 Å². The Labute approximate surface area is 237 Å². The highest BCUT2D eigenvalue weighted by Crippen LogP contribution is 2.38. The van der Waals surface area contributed by atoms with E-state index < -0.39 is 23.3 Å². The number of halogens is 2. The number of hydrogen-bond acceptors (Lipinski definition) is 7. The molecular weight excluding hydrogens is 532 g/mol. The first-order valence-electron chi connectivity index (χ1n) is 13.5. The van der Waals surface area contributed by atoms with Crippen LogP contribution < -0.4 is 24.3 Å². The highest BCUT2D eigenvalue weighted by molar-refractivity contribution is 6.06. The number of fused-ring (bicyclic) bond motifs is 1. The lowest BCUT2D eigenvalue weighted by Gasteiger charge is -2.15. The maximum atomic E-state index is 15.1. The van der Waals surface area contributed by atoms with Crippen LogP contribution >= 0.6 is 0 Å². The summed E-state index contributed by atoms with van der Waals surface area (Å²) in [6.07, 6.45) is 11.1. The third-order valence-electron chi connectivity index (χ3n) is 6.46. The van der Waals surface area contributed by atoms with Crippen molar-refractivity contribution in [3.63, 3.8) is 0 Å². The molecule has 0 atom stereocenters. The van der Waals surface area contributed by atoms with Crippen LogP contribution in [0.5, 0.6) is 28.7 Å². The number of rotatable bonds is 14. The number of amides is 1. The molecule has 216 valence electrons. The van der Waals surface area contributed by atoms with Crippen LogP contribution in [0.4, 0.5) is 14.5 Å². The molecule has 10 heteroatoms. The molecule has 1 N–H and O–H groups in total. The van der Waals surface area contributed by atoms with E-state index in [1.807, 2.05) is 0 Å². The fourth-order valence-electron chi connectivity index (χ4n) is 4.32. The first-order chi connectivity index (χ1) is 19.9. The molecule has 0 bridgehead atoms. The number of methoxy groups -OCH3 is 2. The summed E-state index contributed by atoms with van der Waals surface area (Å²) in [4.78, 5) is 20.9. The number of nitrogens with zero attached hydrogens (tertiary/aromatic N) is 2. The number of carbonyl (C=O) groups excluding carboxylic acids is 1. The Morgan fingerprint density at radius 3 is 2.29 bits per heavy atom. The predicted octanol–water partition coefficient (Wildman–Crippen LogP) is 7.71. The van der Waals surface area contributed by atoms with Crippen molar-refractivity contribution in [1.29, 1.82) is 0 Å². The molecule has 0 aliphatic rings. The molecule has 0 spiro atoms. The number of hydrogen-bond donors (Lipinski definition) is 1. The molecule has 2 heterocycles. The molecule has 1 amide bonds. The monoisotopic (exact) mass is 565 g/mol. The number of unbranched alkanes of at least 4 members (excludes halogenated alkanes) is 5. The standard InChI is InChI=1S/C31H33F2N3O5/c1-4-5-6-7-8-9-14-40-29-18-25-21(17-28(29)39-3)27(11-13-35-25)41-30-23(32)15-20(16-24(30)33)36-31(37)22-19-34-12-10-26(22)38-2/h10-13,15-19H,4-9,14H2,1-3H3,(H,36,37). The lowest BCUT2D eigenvalue weighted by molar-refractivity contribution is 0.102. The molecule has 0 unspecified atom stereocenters. The Morgan fingerprint density at radius 1 is 0.854 bits per heavy atom. The third-order valence-corrected chi connectivity index (χ3v) is 6.46. The molecule has 0 radical (unpaired) electrons. The van der Waals surface area contributed by atoms with E-state index in [2.05, 4.69) is 22.2 Å². The van der Waals surface area contributed by atoms with Gasteiger partial charge in [0.25, 0.3) is 5.91 Å². The van der Waals surface area contributed by atoms with Gasteiger partial charge in [0.1, 0.15) is 11.5 Å². The highest BCUT2D eigenvalue weighted by Gasteiger charge is 2.19. The van der Waals surface area contributed by atoms with Gasteiger partial charge in [-0.3, -0.25) is 14.8 Å². The third kappa shape index (κ3) is 7.39. The van der Waals surface area contributed by atoms with Crippen LogP contribution in [0, 0.1) is 11.6 Å². The molecule has 41 heavy (non-hydrogen) atoms. The first kappa shape index (κ1) is 29.5. The zero-order valence-corrected chi connectivity index (χ0v) is 23.3. The summed E-state index contributed by atoms with van der Waals surface area (Å²) in [6.45, 7) is 2.73. The normalized spacial score (nSPS) is 10.9. The molecule has 0 saturated carbocycles. The second-order valence-corrected chi connectivity index (χ2v) is 9.35. The van der Waals surface area contributed by atoms with Gasteiger partial charge in [0.15, 0.2) is 28.9 Å². The summed E-state index contributed by atoms with van der Waals surface area (Å²) in [7, 11) is 2.92. The number of ether oxygens (including phenoxy) is 4. The van der Waals surface area contributed by atoms with Gasteiger partial charge in [-0.05, 0) is 24.6 Å². The fraction of sp³-hybridized carbons (Fsp3) is 0.323. The average molecular weight is 566 g/mol. The molecule has 0 fully saturated rings. The van der Waals surface area contributed by atoms with Crippen LogP contribution in [0.25, 0.3) is 10.9 Å². The van der Waals surface area contributed by atoms with Crippen molar-refractivity contribution in [1.82, 2.24) is 9.97 Å². The Morgan fingerprint density at radius 2 is 1.56 bits per heavy atom. The van der Waals surface area contributed by atoms with Crippen molar-refractivity contribution >= 4 is 22.5 Å². The van der Waals surface area contributed by atoms with E-state index in [1.165, 1.54) is 70.6 Å². The van der Waals surface area contributed by atoms with Crippen LogP contribution in [-0.2, 0) is 0 Å². The second kappa shape index (κ2) is 14.2. The van der Waals surface area contributed by atoms with E-state index >= 15 is 8.78 Å². The minimum Gasteiger partial charge on any atom is -0.496 e. The smallest absolute Gasteiger partial charge is 0.261 e. The molecule has 0 saturated heterocycles. The minimum atomic E-state index is -1.01. The summed E-state index contributed by atoms with van der Waals surface area (Å²) in [6, 6.07) is 8.33. The van der Waals surface area contributed by atoms with Gasteiger partial charge in [-0.25, -0.2) is 8.78 Å². The maximum absolute atomic E-state index is 15.1. The van der Waals surface area contributed by atoms with Crippen LogP contribution in [0.3, 0.4) is 0 Å². The lowest BCUT2D eigenvalue weighted by atomic mass is 10.1. The van der Waals surface area contributed by atoms with Gasteiger partial charge in [0.2, 0.25) is 0 Å². The molecule has 8 nitrogen and oxygen atoms in total. The van der Waals surface area contributed by atoms with Crippen LogP contribution in [0.15, 0.2) is 55.0 Å². The van der Waals surface area contributed by atoms with E-state index in [-0.39, 0.29) is 22.7 Å². The zero-order chi connectivity index (χ0) is 29.2. The van der Waals surface area contributed by atoms with Crippen molar-refractivity contribution < 1.29 is 32.5 Å². The molecule has 4 aromatic rings. The topological polar surface area (TPSA) is 91.8 Å². The summed E-state index contributed by atoms with van der Waals surface area (Å²) in [5, 5.41) is 2.94. The first-order valence-corrected chi connectivity index (χ1v) is 13.5. The number of anilines is 1. The van der Waals surface area contributed by atoms with Gasteiger partial charge in [-0.15, -0.1) is 0 Å². The van der Waals surface area contributed by atoms with E-state index in [9.17, 15) is 4.79 Å². The number of carbonyl (C=O) groups is 1. The molecule has 0 aliphatic carbocycles. The summed E-state index contributed by atoms with van der Waals surface area (Å²) in [5.41, 5.74) is 0.525. The summed E-state index contributed by atoms with van der Waals surface area (Å²) >= 11 is 0. The van der Waals surface area contributed by atoms with Crippen molar-refractivity contribution in [3.8, 4) is 28.7 Å². The SMILES string of the molecule is CCCCCCCCOc1cc2nccc(Oc3c(F)cc(NC(=O)c4cnccc4OC)cc3F)c2cc1OC. The second-order valence-electron chi connectivity index (χ2n) is 9.35. The van der Waals surface area contributed by atoms with Gasteiger partial charge in [0.05, 0.1) is 31.9 Å². The molecule has 2 aromatic carbocycles. The average Bonchev–Trinajstić information content (AvgIpc) is 2.98. The Balaban J connectivity index is 1.50. The van der Waals surface area contributed by atoms with E-state index in [0.717, 1.165) is 25.0 Å². The Hall–Kier alpha value is -4.47. The van der Waals surface area contributed by atoms with Crippen molar-refractivity contribution in [3.05, 3.63) is 72.2 Å². The quantitative estimate of drug-likeness (QED) is 0.157. The van der Waals surface area contributed by atoms with Crippen molar-refractivity contribution in [2.45, 2.75) is 45.4 Å². The zero-order valence-electron chi connectivity index (χ0n) is 23.3. The Bertz CT molecular complexity index is 1480. The van der Waals surface area contributed by atoms with Gasteiger partial charge in [0, 0.05) is 47.9 Å². The van der Waals surface area contributed by atoms with Crippen molar-refractivity contribution in [2.75, 3.05) is 26.1 Å². The van der Waals surface area contributed by atoms with Gasteiger partial charge in [-0.2, -0.15) is 0 Å². The van der Waals surface area contributed by atoms with Gasteiger partial charge < -0.3 is 24.3 Å². The lowest BCUT2D eigenvalue weighted by Crippen LogP contribution is -2.14. The largest absolute Gasteiger partial charge is 0.496 e. The van der Waals surface area contributed by atoms with E-state index in [0.29, 0.717) is 29.0 Å². The van der Waals surface area contributed by atoms with Gasteiger partial charge >= 0.3 is 0 Å². The molecule has 4 rings (SSSR count). The predicted molar refractivity (Wildman–Crippen MR) is 152 cm³/mol. The number of pyridine rings is 2. The highest BCUT2D eigenvalue weighted by atomic mass is 19.1. The minimum absolute atomic E-state index is 0.100.